The first-order valence-corrected chi connectivity index (χ1v) is 10.6. The largest absolute Gasteiger partial charge is 0.573 e. The molecule has 1 amide bonds. The number of nitrogens with zero attached hydrogens (tertiary/aromatic N) is 2. The zero-order valence-corrected chi connectivity index (χ0v) is 16.6. The molecule has 11 heteroatoms. The standard InChI is InChI=1S/C19H20F3N3O4S/c20-19(21,22)29-16-2-1-3-17(12-16)30(27,28)25-10-6-15(7-11-25)18(26)24-13-14-4-8-23-9-5-14/h1-5,8-9,12,15H,6-7,10-11,13H2,(H,24,26). The van der Waals surface area contributed by atoms with Crippen molar-refractivity contribution >= 4 is 15.9 Å². The molecule has 1 aromatic carbocycles. The van der Waals surface area contributed by atoms with Gasteiger partial charge in [-0.2, -0.15) is 4.31 Å². The Hall–Kier alpha value is -2.66. The van der Waals surface area contributed by atoms with Crippen LogP contribution in [0.25, 0.3) is 0 Å². The van der Waals surface area contributed by atoms with Gasteiger partial charge in [0, 0.05) is 44.0 Å². The highest BCUT2D eigenvalue weighted by Crippen LogP contribution is 2.28. The van der Waals surface area contributed by atoms with Crippen LogP contribution in [0.1, 0.15) is 18.4 Å². The number of carbonyl (C=O) groups excluding carboxylic acids is 1. The van der Waals surface area contributed by atoms with Crippen molar-refractivity contribution in [3.05, 3.63) is 54.4 Å². The summed E-state index contributed by atoms with van der Waals surface area (Å²) in [6.07, 6.45) is -1.02. The van der Waals surface area contributed by atoms with E-state index in [1.54, 1.807) is 24.5 Å². The molecule has 0 aliphatic carbocycles. The summed E-state index contributed by atoms with van der Waals surface area (Å²) >= 11 is 0. The van der Waals surface area contributed by atoms with Crippen LogP contribution in [-0.4, -0.2) is 43.1 Å². The quantitative estimate of drug-likeness (QED) is 0.742. The molecule has 0 radical (unpaired) electrons. The minimum Gasteiger partial charge on any atom is -0.406 e. The monoisotopic (exact) mass is 443 g/mol. The third-order valence-corrected chi connectivity index (χ3v) is 6.61. The van der Waals surface area contributed by atoms with Gasteiger partial charge in [0.2, 0.25) is 15.9 Å². The van der Waals surface area contributed by atoms with Gasteiger partial charge >= 0.3 is 6.36 Å². The molecule has 1 fully saturated rings. The van der Waals surface area contributed by atoms with E-state index in [4.69, 9.17) is 0 Å². The molecule has 1 saturated heterocycles. The summed E-state index contributed by atoms with van der Waals surface area (Å²) in [6, 6.07) is 7.85. The van der Waals surface area contributed by atoms with E-state index >= 15 is 0 Å². The molecular formula is C19H20F3N3O4S. The van der Waals surface area contributed by atoms with Crippen LogP contribution in [0.2, 0.25) is 0 Å². The number of benzene rings is 1. The molecule has 7 nitrogen and oxygen atoms in total. The Morgan fingerprint density at radius 3 is 2.47 bits per heavy atom. The minimum atomic E-state index is -4.91. The average Bonchev–Trinajstić information content (AvgIpc) is 2.72. The van der Waals surface area contributed by atoms with Crippen LogP contribution in [0.3, 0.4) is 0 Å². The third kappa shape index (κ3) is 5.70. The van der Waals surface area contributed by atoms with Crippen LogP contribution in [0.4, 0.5) is 13.2 Å². The lowest BCUT2D eigenvalue weighted by Gasteiger charge is -2.30. The first kappa shape index (κ1) is 22.0. The maximum Gasteiger partial charge on any atom is 0.573 e. The number of pyridine rings is 1. The van der Waals surface area contributed by atoms with Gasteiger partial charge in [-0.15, -0.1) is 13.2 Å². The number of ether oxygens (including phenoxy) is 1. The van der Waals surface area contributed by atoms with Gasteiger partial charge in [-0.25, -0.2) is 8.42 Å². The highest BCUT2D eigenvalue weighted by Gasteiger charge is 2.34. The molecule has 1 aliphatic heterocycles. The van der Waals surface area contributed by atoms with E-state index in [1.165, 1.54) is 16.4 Å². The van der Waals surface area contributed by atoms with E-state index < -0.39 is 22.1 Å². The lowest BCUT2D eigenvalue weighted by Crippen LogP contribution is -2.42. The van der Waals surface area contributed by atoms with E-state index in [1.807, 2.05) is 0 Å². The van der Waals surface area contributed by atoms with E-state index in [9.17, 15) is 26.4 Å². The Morgan fingerprint density at radius 2 is 1.83 bits per heavy atom. The number of alkyl halides is 3. The molecule has 0 bridgehead atoms. The van der Waals surface area contributed by atoms with Crippen molar-refractivity contribution in [2.75, 3.05) is 13.1 Å². The van der Waals surface area contributed by atoms with Crippen LogP contribution in [0.5, 0.6) is 5.75 Å². The average molecular weight is 443 g/mol. The van der Waals surface area contributed by atoms with Crippen LogP contribution in [0, 0.1) is 5.92 Å². The molecule has 2 heterocycles. The summed E-state index contributed by atoms with van der Waals surface area (Å²) in [7, 11) is -4.00. The minimum absolute atomic E-state index is 0.0973. The lowest BCUT2D eigenvalue weighted by molar-refractivity contribution is -0.274. The van der Waals surface area contributed by atoms with Crippen LogP contribution in [0.15, 0.2) is 53.7 Å². The second-order valence-corrected chi connectivity index (χ2v) is 8.71. The van der Waals surface area contributed by atoms with Gasteiger partial charge in [-0.3, -0.25) is 9.78 Å². The lowest BCUT2D eigenvalue weighted by atomic mass is 9.97. The fraction of sp³-hybridized carbons (Fsp3) is 0.368. The second-order valence-electron chi connectivity index (χ2n) is 6.77. The van der Waals surface area contributed by atoms with E-state index in [2.05, 4.69) is 15.0 Å². The van der Waals surface area contributed by atoms with Crippen molar-refractivity contribution in [2.45, 2.75) is 30.6 Å². The van der Waals surface area contributed by atoms with Gasteiger partial charge in [0.15, 0.2) is 0 Å². The first-order chi connectivity index (χ1) is 14.1. The molecule has 0 atom stereocenters. The molecule has 3 rings (SSSR count). The Morgan fingerprint density at radius 1 is 1.17 bits per heavy atom. The Bertz CT molecular complexity index is 976. The van der Waals surface area contributed by atoms with E-state index in [-0.39, 0.29) is 29.8 Å². The normalized spacial score (nSPS) is 16.2. The zero-order valence-electron chi connectivity index (χ0n) is 15.8. The molecular weight excluding hydrogens is 423 g/mol. The predicted molar refractivity (Wildman–Crippen MR) is 101 cm³/mol. The summed E-state index contributed by atoms with van der Waals surface area (Å²) < 4.78 is 67.7. The second kappa shape index (κ2) is 9.00. The smallest absolute Gasteiger partial charge is 0.406 e. The van der Waals surface area contributed by atoms with Gasteiger partial charge in [0.25, 0.3) is 0 Å². The summed E-state index contributed by atoms with van der Waals surface area (Å²) in [5, 5.41) is 2.83. The summed E-state index contributed by atoms with van der Waals surface area (Å²) in [4.78, 5) is 16.0. The number of sulfonamides is 1. The van der Waals surface area contributed by atoms with Gasteiger partial charge in [0.1, 0.15) is 5.75 Å². The van der Waals surface area contributed by atoms with Crippen molar-refractivity contribution < 1.29 is 31.1 Å². The van der Waals surface area contributed by atoms with Crippen molar-refractivity contribution in [3.63, 3.8) is 0 Å². The number of piperidine rings is 1. The van der Waals surface area contributed by atoms with Gasteiger partial charge in [-0.1, -0.05) is 6.07 Å². The number of hydrogen-bond acceptors (Lipinski definition) is 5. The Kier molecular flexibility index (Phi) is 6.61. The van der Waals surface area contributed by atoms with Crippen LogP contribution >= 0.6 is 0 Å². The number of amides is 1. The molecule has 162 valence electrons. The number of aromatic nitrogens is 1. The first-order valence-electron chi connectivity index (χ1n) is 9.18. The zero-order chi connectivity index (χ0) is 21.8. The van der Waals surface area contributed by atoms with Crippen molar-refractivity contribution in [2.24, 2.45) is 5.92 Å². The number of nitrogens with one attached hydrogen (secondary N) is 1. The number of halogens is 3. The molecule has 1 aliphatic rings. The maximum atomic E-state index is 12.8. The van der Waals surface area contributed by atoms with Gasteiger partial charge in [0.05, 0.1) is 4.90 Å². The number of rotatable bonds is 6. The predicted octanol–water partition coefficient (Wildman–Crippen LogP) is 2.70. The fourth-order valence-corrected chi connectivity index (χ4v) is 4.68. The van der Waals surface area contributed by atoms with Gasteiger partial charge < -0.3 is 10.1 Å². The van der Waals surface area contributed by atoms with Gasteiger partial charge in [-0.05, 0) is 42.7 Å². The van der Waals surface area contributed by atoms with Crippen molar-refractivity contribution in [1.29, 1.82) is 0 Å². The van der Waals surface area contributed by atoms with E-state index in [0.717, 1.165) is 17.7 Å². The molecule has 1 N–H and O–H groups in total. The Labute approximate surface area is 171 Å². The third-order valence-electron chi connectivity index (χ3n) is 4.72. The molecule has 0 unspecified atom stereocenters. The van der Waals surface area contributed by atoms with Crippen LogP contribution < -0.4 is 10.1 Å². The highest BCUT2D eigenvalue weighted by atomic mass is 32.2. The topological polar surface area (TPSA) is 88.6 Å². The summed E-state index contributed by atoms with van der Waals surface area (Å²) in [5.41, 5.74) is 0.902. The number of carbonyl (C=O) groups is 1. The van der Waals surface area contributed by atoms with E-state index in [0.29, 0.717) is 19.4 Å². The van der Waals surface area contributed by atoms with Crippen molar-refractivity contribution in [1.82, 2.24) is 14.6 Å². The van der Waals surface area contributed by atoms with Crippen LogP contribution in [-0.2, 0) is 21.4 Å². The number of hydrogen-bond donors (Lipinski definition) is 1. The summed E-state index contributed by atoms with van der Waals surface area (Å²) in [6.45, 7) is 0.548. The van der Waals surface area contributed by atoms with Crippen molar-refractivity contribution in [3.8, 4) is 5.75 Å². The molecule has 0 saturated carbocycles. The maximum absolute atomic E-state index is 12.8. The fourth-order valence-electron chi connectivity index (χ4n) is 3.17. The molecule has 1 aromatic heterocycles. The Balaban J connectivity index is 1.58. The summed E-state index contributed by atoms with van der Waals surface area (Å²) in [5.74, 6) is -1.10. The molecule has 30 heavy (non-hydrogen) atoms. The SMILES string of the molecule is O=C(NCc1ccncc1)C1CCN(S(=O)(=O)c2cccc(OC(F)(F)F)c2)CC1. The molecule has 2 aromatic rings. The highest BCUT2D eigenvalue weighted by molar-refractivity contribution is 7.89. The molecule has 0 spiro atoms.